The Morgan fingerprint density at radius 1 is 1.23 bits per heavy atom. The number of aliphatic hydroxyl groups is 1. The monoisotopic (exact) mass is 485 g/mol. The van der Waals surface area contributed by atoms with Crippen LogP contribution in [-0.4, -0.2) is 83.5 Å². The number of aromatic amines is 1. The maximum atomic E-state index is 13.2. The van der Waals surface area contributed by atoms with E-state index in [-0.39, 0.29) is 23.6 Å². The highest BCUT2D eigenvalue weighted by Crippen LogP contribution is 2.41. The molecule has 2 aliphatic heterocycles. The summed E-state index contributed by atoms with van der Waals surface area (Å²) in [7, 11) is 0. The molecule has 2 fully saturated rings. The molecule has 35 heavy (non-hydrogen) atoms. The number of aliphatic hydroxyl groups excluding tert-OH is 1. The zero-order valence-electron chi connectivity index (χ0n) is 20.3. The Morgan fingerprint density at radius 3 is 2.63 bits per heavy atom. The summed E-state index contributed by atoms with van der Waals surface area (Å²) in [5.41, 5.74) is 1.36. The lowest BCUT2D eigenvalue weighted by atomic mass is 9.97. The van der Waals surface area contributed by atoms with Crippen LogP contribution in [0.3, 0.4) is 0 Å². The number of H-pyrrole nitrogens is 1. The summed E-state index contributed by atoms with van der Waals surface area (Å²) in [6, 6.07) is 2.49. The second kappa shape index (κ2) is 10.5. The molecule has 2 saturated heterocycles. The number of rotatable bonds is 8. The number of Topliss-reactive ketones (excluding diaryl/α,β-unsaturated/α-hetero) is 1. The first-order chi connectivity index (χ1) is 16.8. The summed E-state index contributed by atoms with van der Waals surface area (Å²) < 4.78 is 16.1. The van der Waals surface area contributed by atoms with Crippen LogP contribution < -0.4 is 0 Å². The average Bonchev–Trinajstić information content (AvgIpc) is 3.53. The molecule has 2 aliphatic rings. The first kappa shape index (κ1) is 24.7. The van der Waals surface area contributed by atoms with E-state index in [1.54, 1.807) is 32.9 Å². The lowest BCUT2D eigenvalue weighted by molar-refractivity contribution is -0.140. The normalized spacial score (nSPS) is 20.5. The van der Waals surface area contributed by atoms with Gasteiger partial charge in [0.25, 0.3) is 11.7 Å². The minimum absolute atomic E-state index is 0.0584. The van der Waals surface area contributed by atoms with Crippen LogP contribution in [0.25, 0.3) is 5.76 Å². The molecule has 1 atom stereocenters. The summed E-state index contributed by atoms with van der Waals surface area (Å²) in [6.07, 6.45) is 2.12. The second-order valence-corrected chi connectivity index (χ2v) is 8.66. The average molecular weight is 486 g/mol. The van der Waals surface area contributed by atoms with Crippen molar-refractivity contribution in [2.75, 3.05) is 46.0 Å². The van der Waals surface area contributed by atoms with Gasteiger partial charge in [0.05, 0.1) is 31.7 Å². The van der Waals surface area contributed by atoms with Crippen molar-refractivity contribution in [2.45, 2.75) is 33.2 Å². The molecule has 0 aromatic carbocycles. The van der Waals surface area contributed by atoms with Crippen LogP contribution in [0.4, 0.5) is 0 Å². The number of amides is 1. The maximum Gasteiger partial charge on any atom is 0.355 e. The predicted molar refractivity (Wildman–Crippen MR) is 126 cm³/mol. The molecule has 0 radical (unpaired) electrons. The molecule has 2 N–H and O–H groups in total. The first-order valence-electron chi connectivity index (χ1n) is 11.8. The first-order valence-corrected chi connectivity index (χ1v) is 11.8. The van der Waals surface area contributed by atoms with Crippen LogP contribution in [0.1, 0.15) is 52.5 Å². The Bertz CT molecular complexity index is 1130. The highest BCUT2D eigenvalue weighted by Gasteiger charge is 2.47. The highest BCUT2D eigenvalue weighted by molar-refractivity contribution is 6.46. The number of esters is 1. The van der Waals surface area contributed by atoms with Crippen LogP contribution in [-0.2, 0) is 19.1 Å². The van der Waals surface area contributed by atoms with Crippen molar-refractivity contribution >= 4 is 23.4 Å². The number of nitrogens with one attached hydrogen (secondary N) is 1. The molecule has 0 bridgehead atoms. The van der Waals surface area contributed by atoms with Crippen molar-refractivity contribution in [3.05, 3.63) is 52.2 Å². The quantitative estimate of drug-likeness (QED) is 0.253. The van der Waals surface area contributed by atoms with E-state index in [0.717, 1.165) is 19.6 Å². The zero-order chi connectivity index (χ0) is 25.1. The minimum Gasteiger partial charge on any atom is -0.507 e. The molecule has 188 valence electrons. The van der Waals surface area contributed by atoms with Crippen LogP contribution in [0.2, 0.25) is 0 Å². The van der Waals surface area contributed by atoms with Crippen molar-refractivity contribution < 1.29 is 33.4 Å². The number of nitrogens with zero attached hydrogens (tertiary/aromatic N) is 2. The predicted octanol–water partition coefficient (Wildman–Crippen LogP) is 2.55. The van der Waals surface area contributed by atoms with Gasteiger partial charge >= 0.3 is 5.97 Å². The van der Waals surface area contributed by atoms with Gasteiger partial charge in [-0.1, -0.05) is 0 Å². The lowest BCUT2D eigenvalue weighted by Crippen LogP contribution is -2.38. The fourth-order valence-corrected chi connectivity index (χ4v) is 4.79. The number of likely N-dealkylation sites (tertiary alicyclic amines) is 1. The Kier molecular flexibility index (Phi) is 7.42. The minimum atomic E-state index is -0.866. The van der Waals surface area contributed by atoms with Gasteiger partial charge in [-0.25, -0.2) is 4.79 Å². The number of aromatic nitrogens is 1. The third-order valence-electron chi connectivity index (χ3n) is 6.48. The van der Waals surface area contributed by atoms with Crippen molar-refractivity contribution in [3.63, 3.8) is 0 Å². The molecule has 2 aromatic rings. The zero-order valence-corrected chi connectivity index (χ0v) is 20.3. The van der Waals surface area contributed by atoms with Crippen LogP contribution in [0, 0.1) is 13.8 Å². The van der Waals surface area contributed by atoms with Crippen LogP contribution in [0.15, 0.2) is 28.4 Å². The largest absolute Gasteiger partial charge is 0.507 e. The van der Waals surface area contributed by atoms with E-state index in [0.29, 0.717) is 48.8 Å². The van der Waals surface area contributed by atoms with Crippen molar-refractivity contribution in [2.24, 2.45) is 0 Å². The Balaban J connectivity index is 1.68. The molecule has 0 unspecified atom stereocenters. The molecule has 4 rings (SSSR count). The van der Waals surface area contributed by atoms with Gasteiger partial charge < -0.3 is 28.9 Å². The molecular weight excluding hydrogens is 454 g/mol. The van der Waals surface area contributed by atoms with Gasteiger partial charge in [0, 0.05) is 37.4 Å². The van der Waals surface area contributed by atoms with Crippen molar-refractivity contribution in [1.82, 2.24) is 14.8 Å². The van der Waals surface area contributed by atoms with Crippen LogP contribution >= 0.6 is 0 Å². The summed E-state index contributed by atoms with van der Waals surface area (Å²) in [6.45, 7) is 9.35. The molecule has 0 saturated carbocycles. The van der Waals surface area contributed by atoms with Gasteiger partial charge in [-0.3, -0.25) is 14.5 Å². The number of hydrogen-bond acceptors (Lipinski definition) is 8. The van der Waals surface area contributed by atoms with E-state index in [9.17, 15) is 19.5 Å². The third-order valence-corrected chi connectivity index (χ3v) is 6.48. The lowest BCUT2D eigenvalue weighted by Gasteiger charge is -2.28. The topological polar surface area (TPSA) is 125 Å². The Hall–Kier alpha value is -3.37. The molecule has 10 nitrogen and oxygen atoms in total. The molecule has 0 spiro atoms. The number of hydrogen-bond donors (Lipinski definition) is 2. The molecule has 2 aromatic heterocycles. The van der Waals surface area contributed by atoms with Gasteiger partial charge in [0.1, 0.15) is 23.3 Å². The number of ketones is 1. The SMILES string of the molecule is CCOC(=O)c1[nH]c(C)c(/C(O)=C2\C(=O)C(=O)N(CCCN3CCOCC3)[C@@H]2c2ccco2)c1C. The number of aryl methyl sites for hydroxylation is 1. The molecule has 10 heteroatoms. The van der Waals surface area contributed by atoms with Crippen molar-refractivity contribution in [3.8, 4) is 0 Å². The number of morpholine rings is 1. The summed E-state index contributed by atoms with van der Waals surface area (Å²) in [5.74, 6) is -1.99. The van der Waals surface area contributed by atoms with E-state index in [2.05, 4.69) is 9.88 Å². The third kappa shape index (κ3) is 4.76. The molecule has 0 aliphatic carbocycles. The van der Waals surface area contributed by atoms with Gasteiger partial charge in [-0.05, 0) is 44.9 Å². The van der Waals surface area contributed by atoms with Gasteiger partial charge in [-0.15, -0.1) is 0 Å². The molecular formula is C25H31N3O7. The Labute approximate surface area is 203 Å². The summed E-state index contributed by atoms with van der Waals surface area (Å²) in [4.78, 5) is 45.3. The van der Waals surface area contributed by atoms with Gasteiger partial charge in [-0.2, -0.15) is 0 Å². The highest BCUT2D eigenvalue weighted by atomic mass is 16.5. The number of carbonyl (C=O) groups is 3. The summed E-state index contributed by atoms with van der Waals surface area (Å²) in [5, 5.41) is 11.4. The molecule has 4 heterocycles. The van der Waals surface area contributed by atoms with E-state index in [1.165, 1.54) is 11.2 Å². The fourth-order valence-electron chi connectivity index (χ4n) is 4.79. The van der Waals surface area contributed by atoms with Gasteiger partial charge in [0.15, 0.2) is 0 Å². The standard InChI is InChI=1S/C25H31N3O7/c1-4-34-25(32)20-15(2)18(16(3)26-20)22(29)19-21(17-7-5-12-35-17)28(24(31)23(19)30)9-6-8-27-10-13-33-14-11-27/h5,7,12,21,26,29H,4,6,8-11,13-14H2,1-3H3/b22-19+/t21-/m1/s1. The maximum absolute atomic E-state index is 13.2. The summed E-state index contributed by atoms with van der Waals surface area (Å²) >= 11 is 0. The van der Waals surface area contributed by atoms with Crippen molar-refractivity contribution in [1.29, 1.82) is 0 Å². The fraction of sp³-hybridized carbons (Fsp3) is 0.480. The number of ether oxygens (including phenoxy) is 2. The van der Waals surface area contributed by atoms with E-state index in [1.807, 2.05) is 0 Å². The smallest absolute Gasteiger partial charge is 0.355 e. The van der Waals surface area contributed by atoms with E-state index < -0.39 is 23.7 Å². The van der Waals surface area contributed by atoms with Gasteiger partial charge in [0.2, 0.25) is 0 Å². The Morgan fingerprint density at radius 2 is 1.97 bits per heavy atom. The van der Waals surface area contributed by atoms with Crippen LogP contribution in [0.5, 0.6) is 0 Å². The van der Waals surface area contributed by atoms with E-state index in [4.69, 9.17) is 13.9 Å². The number of carbonyl (C=O) groups excluding carboxylic acids is 3. The molecule has 1 amide bonds. The van der Waals surface area contributed by atoms with E-state index >= 15 is 0 Å². The second-order valence-electron chi connectivity index (χ2n) is 8.66. The number of furan rings is 1.